The van der Waals surface area contributed by atoms with Gasteiger partial charge in [-0.3, -0.25) is 4.79 Å². The Morgan fingerprint density at radius 2 is 1.00 bits per heavy atom. The molecular formula is C14H14F13NO. The summed E-state index contributed by atoms with van der Waals surface area (Å²) in [5, 5.41) is 0. The van der Waals surface area contributed by atoms with E-state index in [-0.39, 0.29) is 17.7 Å². The van der Waals surface area contributed by atoms with E-state index in [9.17, 15) is 61.9 Å². The van der Waals surface area contributed by atoms with Crippen molar-refractivity contribution >= 4 is 5.91 Å². The van der Waals surface area contributed by atoms with Gasteiger partial charge in [-0.25, -0.2) is 0 Å². The Morgan fingerprint density at radius 1 is 0.655 bits per heavy atom. The number of alkyl halides is 13. The largest absolute Gasteiger partial charge is 0.460 e. The van der Waals surface area contributed by atoms with Crippen LogP contribution in [0.5, 0.6) is 0 Å². The number of amides is 1. The summed E-state index contributed by atoms with van der Waals surface area (Å²) >= 11 is 0. The summed E-state index contributed by atoms with van der Waals surface area (Å²) in [4.78, 5) is 11.8. The van der Waals surface area contributed by atoms with Crippen molar-refractivity contribution in [1.29, 1.82) is 0 Å². The normalized spacial score (nSPS) is 23.3. The molecule has 0 spiro atoms. The molecule has 15 heteroatoms. The van der Waals surface area contributed by atoms with E-state index >= 15 is 0 Å². The van der Waals surface area contributed by atoms with Crippen molar-refractivity contribution in [2.45, 2.75) is 81.0 Å². The zero-order valence-corrected chi connectivity index (χ0v) is 14.5. The molecule has 0 bridgehead atoms. The van der Waals surface area contributed by atoms with E-state index in [0.29, 0.717) is 6.42 Å². The SMILES string of the molecule is CC1CCCC(C)N1C(=O)C(F)(F)C(F)(F)C(F)(F)C(F)(F)C(F)(F)C(F)(F)F. The summed E-state index contributed by atoms with van der Waals surface area (Å²) < 4.78 is 170. The second-order valence-corrected chi connectivity index (χ2v) is 6.71. The Labute approximate surface area is 155 Å². The molecule has 0 saturated carbocycles. The minimum atomic E-state index is -8.01. The van der Waals surface area contributed by atoms with Gasteiger partial charge in [-0.1, -0.05) is 0 Å². The number of likely N-dealkylation sites (tertiary alicyclic amines) is 1. The maximum absolute atomic E-state index is 14.0. The third-order valence-electron chi connectivity index (χ3n) is 4.63. The molecule has 29 heavy (non-hydrogen) atoms. The summed E-state index contributed by atoms with van der Waals surface area (Å²) in [5.41, 5.74) is 0. The van der Waals surface area contributed by atoms with Gasteiger partial charge >= 0.3 is 35.8 Å². The molecule has 0 aromatic rings. The van der Waals surface area contributed by atoms with Crippen molar-refractivity contribution in [2.75, 3.05) is 0 Å². The average Bonchev–Trinajstić information content (AvgIpc) is 2.52. The molecule has 172 valence electrons. The lowest BCUT2D eigenvalue weighted by molar-refractivity contribution is -0.436. The Morgan fingerprint density at radius 3 is 1.34 bits per heavy atom. The standard InChI is InChI=1S/C14H14F13NO/c1-6-4-3-5-7(2)28(6)8(29)9(15,16)10(17,18)11(19,20)12(21,22)13(23,24)14(25,26)27/h6-7H,3-5H2,1-2H3. The van der Waals surface area contributed by atoms with E-state index in [1.807, 2.05) is 0 Å². The van der Waals surface area contributed by atoms with Crippen LogP contribution >= 0.6 is 0 Å². The number of nitrogens with zero attached hydrogens (tertiary/aromatic N) is 1. The molecule has 0 aromatic carbocycles. The van der Waals surface area contributed by atoms with Gasteiger partial charge in [-0.05, 0) is 33.1 Å². The predicted molar refractivity (Wildman–Crippen MR) is 70.4 cm³/mol. The molecular weight excluding hydrogens is 445 g/mol. The third-order valence-corrected chi connectivity index (χ3v) is 4.63. The first-order chi connectivity index (χ1) is 12.6. The molecule has 1 fully saturated rings. The summed E-state index contributed by atoms with van der Waals surface area (Å²) in [6.07, 6.45) is -7.29. The van der Waals surface area contributed by atoms with Gasteiger partial charge in [0.1, 0.15) is 0 Å². The van der Waals surface area contributed by atoms with Crippen LogP contribution in [0.1, 0.15) is 33.1 Å². The molecule has 2 nitrogen and oxygen atoms in total. The topological polar surface area (TPSA) is 20.3 Å². The van der Waals surface area contributed by atoms with Gasteiger partial charge in [0.05, 0.1) is 0 Å². The summed E-state index contributed by atoms with van der Waals surface area (Å²) in [7, 11) is 0. The van der Waals surface area contributed by atoms with E-state index in [1.165, 1.54) is 0 Å². The Balaban J connectivity index is 3.48. The molecule has 1 amide bonds. The highest BCUT2D eigenvalue weighted by Crippen LogP contribution is 2.60. The van der Waals surface area contributed by atoms with E-state index in [1.54, 1.807) is 0 Å². The monoisotopic (exact) mass is 459 g/mol. The third kappa shape index (κ3) is 3.51. The second-order valence-electron chi connectivity index (χ2n) is 6.71. The molecule has 1 rings (SSSR count). The number of hydrogen-bond acceptors (Lipinski definition) is 1. The van der Waals surface area contributed by atoms with Crippen molar-refractivity contribution in [2.24, 2.45) is 0 Å². The van der Waals surface area contributed by atoms with E-state index in [0.717, 1.165) is 13.8 Å². The van der Waals surface area contributed by atoms with Crippen LogP contribution in [0.15, 0.2) is 0 Å². The van der Waals surface area contributed by atoms with Gasteiger partial charge in [0.25, 0.3) is 5.91 Å². The molecule has 1 aliphatic heterocycles. The first kappa shape index (κ1) is 25.6. The van der Waals surface area contributed by atoms with Crippen LogP contribution in [0.2, 0.25) is 0 Å². The Hall–Kier alpha value is -1.44. The van der Waals surface area contributed by atoms with Crippen molar-refractivity contribution in [3.8, 4) is 0 Å². The highest BCUT2D eigenvalue weighted by atomic mass is 19.4. The summed E-state index contributed by atoms with van der Waals surface area (Å²) in [6, 6.07) is -2.47. The molecule has 0 aliphatic carbocycles. The molecule has 0 N–H and O–H groups in total. The fourth-order valence-corrected chi connectivity index (χ4v) is 2.89. The van der Waals surface area contributed by atoms with E-state index in [4.69, 9.17) is 0 Å². The lowest BCUT2D eigenvalue weighted by Gasteiger charge is -2.44. The maximum atomic E-state index is 14.0. The zero-order chi connectivity index (χ0) is 23.4. The number of carbonyl (C=O) groups is 1. The minimum absolute atomic E-state index is 0.00641. The van der Waals surface area contributed by atoms with E-state index < -0.39 is 53.8 Å². The molecule has 0 radical (unpaired) electrons. The van der Waals surface area contributed by atoms with Crippen molar-refractivity contribution < 1.29 is 61.9 Å². The molecule has 2 unspecified atom stereocenters. The first-order valence-corrected chi connectivity index (χ1v) is 7.87. The van der Waals surface area contributed by atoms with Crippen LogP contribution in [0, 0.1) is 0 Å². The first-order valence-electron chi connectivity index (χ1n) is 7.87. The van der Waals surface area contributed by atoms with Crippen LogP contribution < -0.4 is 0 Å². The van der Waals surface area contributed by atoms with Gasteiger partial charge in [-0.15, -0.1) is 0 Å². The minimum Gasteiger partial charge on any atom is -0.332 e. The van der Waals surface area contributed by atoms with Gasteiger partial charge in [-0.2, -0.15) is 57.1 Å². The molecule has 0 aromatic heterocycles. The number of carbonyl (C=O) groups excluding carboxylic acids is 1. The number of rotatable bonds is 5. The quantitative estimate of drug-likeness (QED) is 0.497. The molecule has 1 saturated heterocycles. The van der Waals surface area contributed by atoms with Gasteiger partial charge < -0.3 is 4.90 Å². The van der Waals surface area contributed by atoms with Crippen LogP contribution in [-0.4, -0.2) is 58.7 Å². The zero-order valence-electron chi connectivity index (χ0n) is 14.5. The lowest BCUT2D eigenvalue weighted by atomic mass is 9.91. The smallest absolute Gasteiger partial charge is 0.332 e. The second kappa shape index (κ2) is 7.06. The van der Waals surface area contributed by atoms with Crippen LogP contribution in [0.4, 0.5) is 57.1 Å². The Kier molecular flexibility index (Phi) is 6.24. The van der Waals surface area contributed by atoms with Gasteiger partial charge in [0.15, 0.2) is 0 Å². The van der Waals surface area contributed by atoms with Gasteiger partial charge in [0.2, 0.25) is 0 Å². The number of halogens is 13. The molecule has 2 atom stereocenters. The fourth-order valence-electron chi connectivity index (χ4n) is 2.89. The van der Waals surface area contributed by atoms with Crippen molar-refractivity contribution in [1.82, 2.24) is 4.90 Å². The number of piperidine rings is 1. The lowest BCUT2D eigenvalue weighted by Crippen LogP contribution is -2.72. The molecule has 1 heterocycles. The summed E-state index contributed by atoms with van der Waals surface area (Å²) in [5.74, 6) is -41.2. The summed E-state index contributed by atoms with van der Waals surface area (Å²) in [6.45, 7) is 2.10. The van der Waals surface area contributed by atoms with Crippen LogP contribution in [-0.2, 0) is 4.79 Å². The van der Waals surface area contributed by atoms with Gasteiger partial charge in [0, 0.05) is 12.1 Å². The van der Waals surface area contributed by atoms with Crippen molar-refractivity contribution in [3.05, 3.63) is 0 Å². The van der Waals surface area contributed by atoms with Crippen LogP contribution in [0.25, 0.3) is 0 Å². The predicted octanol–water partition coefficient (Wildman–Crippen LogP) is 5.51. The molecule has 1 aliphatic rings. The average molecular weight is 459 g/mol. The van der Waals surface area contributed by atoms with E-state index in [2.05, 4.69) is 0 Å². The fraction of sp³-hybridized carbons (Fsp3) is 0.929. The Bertz CT molecular complexity index is 617. The number of hydrogen-bond donors (Lipinski definition) is 0. The van der Waals surface area contributed by atoms with Crippen LogP contribution in [0.3, 0.4) is 0 Å². The maximum Gasteiger partial charge on any atom is 0.460 e. The highest BCUT2D eigenvalue weighted by molar-refractivity contribution is 5.85. The van der Waals surface area contributed by atoms with Crippen molar-refractivity contribution in [3.63, 3.8) is 0 Å². The highest BCUT2D eigenvalue weighted by Gasteiger charge is 2.91.